The molecule has 0 aromatic carbocycles. The molecule has 0 aromatic rings. The molecule has 0 aliphatic carbocycles. The fourth-order valence-electron chi connectivity index (χ4n) is 4.89. The maximum atomic E-state index is 12.6. The SMILES string of the molecule is CC/C=C\C/C=C\C/C=C\C/C=C\C/C=C\C/C=C\CCC(=O)OCC(COC(=O)CCCC/C=C\C/C=C\CC)OC(=O)CCCC/C=C\C/C=C\CC. The summed E-state index contributed by atoms with van der Waals surface area (Å²) in [6.07, 6.45) is 57.9. The quantitative estimate of drug-likeness (QED) is 0.0277. The molecule has 0 radical (unpaired) electrons. The van der Waals surface area contributed by atoms with Gasteiger partial charge >= 0.3 is 17.9 Å². The number of hydrogen-bond acceptors (Lipinski definition) is 6. The first-order chi connectivity index (χ1) is 27.0. The maximum Gasteiger partial charge on any atom is 0.306 e. The molecule has 0 saturated carbocycles. The van der Waals surface area contributed by atoms with Crippen molar-refractivity contribution >= 4 is 17.9 Å². The molecular formula is C49H74O6. The molecule has 1 unspecified atom stereocenters. The van der Waals surface area contributed by atoms with Crippen LogP contribution in [0.3, 0.4) is 0 Å². The summed E-state index contributed by atoms with van der Waals surface area (Å²) in [4.78, 5) is 37.5. The molecule has 0 N–H and O–H groups in total. The van der Waals surface area contributed by atoms with Crippen molar-refractivity contribution in [3.63, 3.8) is 0 Å². The molecule has 0 spiro atoms. The summed E-state index contributed by atoms with van der Waals surface area (Å²) < 4.78 is 16.5. The molecule has 1 atom stereocenters. The first kappa shape index (κ1) is 50.8. The maximum absolute atomic E-state index is 12.6. The van der Waals surface area contributed by atoms with E-state index in [0.717, 1.165) is 89.9 Å². The molecule has 306 valence electrons. The van der Waals surface area contributed by atoms with E-state index in [4.69, 9.17) is 14.2 Å². The van der Waals surface area contributed by atoms with E-state index in [1.807, 2.05) is 12.2 Å². The van der Waals surface area contributed by atoms with Gasteiger partial charge in [0.1, 0.15) is 13.2 Å². The van der Waals surface area contributed by atoms with Crippen LogP contribution in [0.25, 0.3) is 0 Å². The van der Waals surface area contributed by atoms with Gasteiger partial charge in [0.15, 0.2) is 6.10 Å². The van der Waals surface area contributed by atoms with Gasteiger partial charge in [-0.05, 0) is 109 Å². The summed E-state index contributed by atoms with van der Waals surface area (Å²) in [6, 6.07) is 0. The van der Waals surface area contributed by atoms with E-state index in [0.29, 0.717) is 19.3 Å². The van der Waals surface area contributed by atoms with Gasteiger partial charge in [-0.25, -0.2) is 0 Å². The number of rotatable bonds is 35. The second-order valence-corrected chi connectivity index (χ2v) is 13.1. The molecule has 0 fully saturated rings. The Labute approximate surface area is 335 Å². The van der Waals surface area contributed by atoms with E-state index >= 15 is 0 Å². The second-order valence-electron chi connectivity index (χ2n) is 13.1. The third-order valence-corrected chi connectivity index (χ3v) is 7.96. The smallest absolute Gasteiger partial charge is 0.306 e. The average Bonchev–Trinajstić information content (AvgIpc) is 3.18. The molecular weight excluding hydrogens is 685 g/mol. The second kappa shape index (κ2) is 42.6. The van der Waals surface area contributed by atoms with Crippen LogP contribution in [0.5, 0.6) is 0 Å². The lowest BCUT2D eigenvalue weighted by Crippen LogP contribution is -2.30. The van der Waals surface area contributed by atoms with Gasteiger partial charge in [-0.2, -0.15) is 0 Å². The van der Waals surface area contributed by atoms with Crippen molar-refractivity contribution in [2.24, 2.45) is 0 Å². The van der Waals surface area contributed by atoms with Crippen LogP contribution < -0.4 is 0 Å². The third-order valence-electron chi connectivity index (χ3n) is 7.96. The molecule has 0 rings (SSSR count). The van der Waals surface area contributed by atoms with Gasteiger partial charge in [-0.3, -0.25) is 14.4 Å². The van der Waals surface area contributed by atoms with Gasteiger partial charge in [-0.15, -0.1) is 0 Å². The summed E-state index contributed by atoms with van der Waals surface area (Å²) in [5, 5.41) is 0. The highest BCUT2D eigenvalue weighted by Crippen LogP contribution is 2.09. The van der Waals surface area contributed by atoms with E-state index in [-0.39, 0.29) is 50.4 Å². The Kier molecular flexibility index (Phi) is 39.3. The number of carbonyl (C=O) groups is 3. The van der Waals surface area contributed by atoms with Crippen molar-refractivity contribution in [3.8, 4) is 0 Å². The minimum absolute atomic E-state index is 0.136. The van der Waals surface area contributed by atoms with Crippen LogP contribution >= 0.6 is 0 Å². The van der Waals surface area contributed by atoms with Gasteiger partial charge in [0.05, 0.1) is 0 Å². The van der Waals surface area contributed by atoms with E-state index in [1.165, 1.54) is 0 Å². The van der Waals surface area contributed by atoms with Crippen LogP contribution in [-0.2, 0) is 28.6 Å². The first-order valence-electron chi connectivity index (χ1n) is 21.0. The zero-order valence-electron chi connectivity index (χ0n) is 34.6. The number of carbonyl (C=O) groups excluding carboxylic acids is 3. The Balaban J connectivity index is 4.52. The van der Waals surface area contributed by atoms with E-state index < -0.39 is 6.10 Å². The van der Waals surface area contributed by atoms with Crippen molar-refractivity contribution in [2.45, 2.75) is 155 Å². The van der Waals surface area contributed by atoms with Crippen molar-refractivity contribution in [1.82, 2.24) is 0 Å². The van der Waals surface area contributed by atoms with Crippen molar-refractivity contribution in [3.05, 3.63) is 122 Å². The van der Waals surface area contributed by atoms with Crippen molar-refractivity contribution in [1.29, 1.82) is 0 Å². The Bertz CT molecular complexity index is 1240. The highest BCUT2D eigenvalue weighted by atomic mass is 16.6. The van der Waals surface area contributed by atoms with Crippen molar-refractivity contribution in [2.75, 3.05) is 13.2 Å². The zero-order chi connectivity index (χ0) is 40.1. The van der Waals surface area contributed by atoms with Gasteiger partial charge in [0, 0.05) is 19.3 Å². The largest absolute Gasteiger partial charge is 0.462 e. The summed E-state index contributed by atoms with van der Waals surface area (Å²) in [6.45, 7) is 6.09. The monoisotopic (exact) mass is 759 g/mol. The summed E-state index contributed by atoms with van der Waals surface area (Å²) >= 11 is 0. The van der Waals surface area contributed by atoms with Crippen LogP contribution in [0.15, 0.2) is 122 Å². The fraction of sp³-hybridized carbons (Fsp3) is 0.531. The molecule has 6 nitrogen and oxygen atoms in total. The molecule has 0 saturated heterocycles. The van der Waals surface area contributed by atoms with Gasteiger partial charge < -0.3 is 14.2 Å². The topological polar surface area (TPSA) is 78.9 Å². The third kappa shape index (κ3) is 40.8. The van der Waals surface area contributed by atoms with Crippen LogP contribution in [0.1, 0.15) is 149 Å². The highest BCUT2D eigenvalue weighted by Gasteiger charge is 2.19. The molecule has 0 bridgehead atoms. The average molecular weight is 759 g/mol. The predicted molar refractivity (Wildman–Crippen MR) is 233 cm³/mol. The predicted octanol–water partition coefficient (Wildman–Crippen LogP) is 13.4. The van der Waals surface area contributed by atoms with Crippen LogP contribution in [0.2, 0.25) is 0 Å². The highest BCUT2D eigenvalue weighted by molar-refractivity contribution is 5.71. The van der Waals surface area contributed by atoms with E-state index in [2.05, 4.69) is 130 Å². The Morgan fingerprint density at radius 1 is 0.364 bits per heavy atom. The van der Waals surface area contributed by atoms with Crippen molar-refractivity contribution < 1.29 is 28.6 Å². The van der Waals surface area contributed by atoms with Crippen LogP contribution in [-0.4, -0.2) is 37.2 Å². The zero-order valence-corrected chi connectivity index (χ0v) is 34.6. The standard InChI is InChI=1S/C49H74O6/c1-4-7-10-13-16-19-20-21-22-23-24-25-26-27-28-31-33-36-39-42-48(51)54-45-46(55-49(52)43-40-37-34-30-18-15-12-9-6-3)44-53-47(50)41-38-35-32-29-17-14-11-8-5-2/h7-12,16-19,21-22,24-25,27-30,33,36,46H,4-6,13-15,20,23,26,31-32,34-35,37-45H2,1-3H3/b10-7-,11-8-,12-9-,19-16-,22-21-,25-24-,28-27-,29-17-,30-18-,36-33-. The molecule has 6 heteroatoms. The number of esters is 3. The Morgan fingerprint density at radius 3 is 1.05 bits per heavy atom. The lowest BCUT2D eigenvalue weighted by Gasteiger charge is -2.18. The Morgan fingerprint density at radius 2 is 0.673 bits per heavy atom. The Hall–Kier alpha value is -4.19. The van der Waals surface area contributed by atoms with E-state index in [1.54, 1.807) is 0 Å². The molecule has 0 amide bonds. The molecule has 0 aliphatic heterocycles. The lowest BCUT2D eigenvalue weighted by molar-refractivity contribution is -0.166. The van der Waals surface area contributed by atoms with E-state index in [9.17, 15) is 14.4 Å². The van der Waals surface area contributed by atoms with Crippen LogP contribution in [0.4, 0.5) is 0 Å². The van der Waals surface area contributed by atoms with Gasteiger partial charge in [-0.1, -0.05) is 142 Å². The summed E-state index contributed by atoms with van der Waals surface area (Å²) in [5.74, 6) is -1.11. The first-order valence-corrected chi connectivity index (χ1v) is 21.0. The molecule has 0 aliphatic rings. The van der Waals surface area contributed by atoms with Gasteiger partial charge in [0.25, 0.3) is 0 Å². The molecule has 0 heterocycles. The molecule has 0 aromatic heterocycles. The number of ether oxygens (including phenoxy) is 3. The number of allylic oxidation sites excluding steroid dienone is 20. The minimum atomic E-state index is -0.837. The van der Waals surface area contributed by atoms with Crippen LogP contribution in [0, 0.1) is 0 Å². The number of hydrogen-bond donors (Lipinski definition) is 0. The fourth-order valence-corrected chi connectivity index (χ4v) is 4.89. The minimum Gasteiger partial charge on any atom is -0.462 e. The number of unbranched alkanes of at least 4 members (excludes halogenated alkanes) is 4. The normalized spacial score (nSPS) is 13.3. The molecule has 55 heavy (non-hydrogen) atoms. The van der Waals surface area contributed by atoms with Gasteiger partial charge in [0.2, 0.25) is 0 Å². The lowest BCUT2D eigenvalue weighted by atomic mass is 10.2. The summed E-state index contributed by atoms with van der Waals surface area (Å²) in [5.41, 5.74) is 0. The summed E-state index contributed by atoms with van der Waals surface area (Å²) in [7, 11) is 0.